The van der Waals surface area contributed by atoms with E-state index < -0.39 is 43.4 Å². The van der Waals surface area contributed by atoms with E-state index in [4.69, 9.17) is 9.15 Å². The van der Waals surface area contributed by atoms with Gasteiger partial charge in [-0.1, -0.05) is 0 Å². The minimum Gasteiger partial charge on any atom is -0.422 e. The molecule has 2 aliphatic carbocycles. The van der Waals surface area contributed by atoms with E-state index in [2.05, 4.69) is 25.0 Å². The molecule has 0 bridgehead atoms. The van der Waals surface area contributed by atoms with E-state index in [9.17, 15) is 31.1 Å². The third-order valence-corrected chi connectivity index (χ3v) is 5.82. The van der Waals surface area contributed by atoms with E-state index in [0.29, 0.717) is 19.3 Å². The zero-order valence-corrected chi connectivity index (χ0v) is 16.6. The van der Waals surface area contributed by atoms with Crippen LogP contribution in [0.2, 0.25) is 0 Å². The SMILES string of the molecule is O=C(N[C@@H]1CC[C@@H](c2nnc(C3CC(OC(F)(F)F)C3)o2)OC1)[C@H]1C[C@@H]1COC(F)(F)F. The fourth-order valence-electron chi connectivity index (χ4n) is 3.92. The first-order chi connectivity index (χ1) is 15.0. The summed E-state index contributed by atoms with van der Waals surface area (Å²) in [5, 5.41) is 10.6. The van der Waals surface area contributed by atoms with Crippen LogP contribution in [-0.4, -0.2) is 54.2 Å². The molecule has 1 aromatic heterocycles. The molecule has 3 fully saturated rings. The Labute approximate surface area is 178 Å². The van der Waals surface area contributed by atoms with E-state index in [1.165, 1.54) is 0 Å². The van der Waals surface area contributed by atoms with Crippen LogP contribution >= 0.6 is 0 Å². The summed E-state index contributed by atoms with van der Waals surface area (Å²) in [5.74, 6) is -1.11. The summed E-state index contributed by atoms with van der Waals surface area (Å²) < 4.78 is 91.7. The summed E-state index contributed by atoms with van der Waals surface area (Å²) in [4.78, 5) is 12.2. The van der Waals surface area contributed by atoms with Gasteiger partial charge in [0, 0.05) is 11.8 Å². The van der Waals surface area contributed by atoms with Crippen LogP contribution in [0.4, 0.5) is 26.3 Å². The van der Waals surface area contributed by atoms with Gasteiger partial charge in [-0.3, -0.25) is 14.3 Å². The van der Waals surface area contributed by atoms with Gasteiger partial charge in [0.1, 0.15) is 6.10 Å². The molecule has 0 spiro atoms. The Hall–Kier alpha value is -1.93. The van der Waals surface area contributed by atoms with Crippen molar-refractivity contribution in [3.05, 3.63) is 11.8 Å². The van der Waals surface area contributed by atoms with Gasteiger partial charge in [0.2, 0.25) is 17.7 Å². The quantitative estimate of drug-likeness (QED) is 0.607. The Morgan fingerprint density at radius 2 is 1.75 bits per heavy atom. The fourth-order valence-corrected chi connectivity index (χ4v) is 3.92. The van der Waals surface area contributed by atoms with E-state index in [1.807, 2.05) is 0 Å². The fraction of sp³-hybridized carbons (Fsp3) is 0.833. The van der Waals surface area contributed by atoms with Crippen molar-refractivity contribution in [2.75, 3.05) is 13.2 Å². The number of amides is 1. The predicted molar refractivity (Wildman–Crippen MR) is 90.7 cm³/mol. The van der Waals surface area contributed by atoms with Gasteiger partial charge in [-0.25, -0.2) is 0 Å². The standard InChI is InChI=1S/C18H21F6N3O5/c19-17(20,21)30-6-9-5-12(9)14(28)25-10-1-2-13(29-7-10)16-27-26-15(31-16)8-3-11(4-8)32-18(22,23)24/h8-13H,1-7H2,(H,25,28)/t8?,9-,10-,11?,12+,13+/m1/s1. The van der Waals surface area contributed by atoms with Gasteiger partial charge >= 0.3 is 12.7 Å². The second kappa shape index (κ2) is 8.78. The monoisotopic (exact) mass is 473 g/mol. The highest BCUT2D eigenvalue weighted by atomic mass is 19.4. The number of rotatable bonds is 7. The first kappa shape index (κ1) is 23.2. The van der Waals surface area contributed by atoms with Gasteiger partial charge in [-0.2, -0.15) is 0 Å². The lowest BCUT2D eigenvalue weighted by Crippen LogP contribution is -2.42. The van der Waals surface area contributed by atoms with Crippen LogP contribution in [0, 0.1) is 11.8 Å². The van der Waals surface area contributed by atoms with Crippen molar-refractivity contribution >= 4 is 5.91 Å². The third kappa shape index (κ3) is 6.10. The molecule has 0 unspecified atom stereocenters. The van der Waals surface area contributed by atoms with Crippen molar-refractivity contribution in [2.45, 2.75) is 69.0 Å². The van der Waals surface area contributed by atoms with Crippen LogP contribution in [-0.2, 0) is 19.0 Å². The van der Waals surface area contributed by atoms with Crippen LogP contribution in [0.3, 0.4) is 0 Å². The average Bonchev–Trinajstić information content (AvgIpc) is 3.29. The molecule has 4 atom stereocenters. The van der Waals surface area contributed by atoms with Crippen molar-refractivity contribution in [2.24, 2.45) is 11.8 Å². The normalized spacial score (nSPS) is 32.9. The average molecular weight is 473 g/mol. The summed E-state index contributed by atoms with van der Waals surface area (Å²) in [6, 6.07) is -0.294. The van der Waals surface area contributed by atoms with Crippen molar-refractivity contribution in [3.63, 3.8) is 0 Å². The van der Waals surface area contributed by atoms with E-state index in [1.54, 1.807) is 0 Å². The molecule has 4 rings (SSSR count). The third-order valence-electron chi connectivity index (χ3n) is 5.82. The Bertz CT molecular complexity index is 802. The number of halogens is 6. The molecule has 32 heavy (non-hydrogen) atoms. The molecule has 0 aromatic carbocycles. The number of alkyl halides is 6. The number of hydrogen-bond acceptors (Lipinski definition) is 7. The molecule has 180 valence electrons. The number of carbonyl (C=O) groups excluding carboxylic acids is 1. The Kier molecular flexibility index (Phi) is 6.38. The molecule has 1 amide bonds. The topological polar surface area (TPSA) is 95.7 Å². The van der Waals surface area contributed by atoms with Gasteiger partial charge in [0.25, 0.3) is 0 Å². The minimum atomic E-state index is -4.71. The second-order valence-corrected chi connectivity index (χ2v) is 8.30. The Morgan fingerprint density at radius 3 is 2.38 bits per heavy atom. The molecule has 1 saturated heterocycles. The molecule has 3 aliphatic rings. The highest BCUT2D eigenvalue weighted by molar-refractivity contribution is 5.81. The lowest BCUT2D eigenvalue weighted by atomic mass is 9.82. The molecule has 14 heteroatoms. The van der Waals surface area contributed by atoms with Gasteiger partial charge < -0.3 is 14.5 Å². The number of nitrogens with zero attached hydrogens (tertiary/aromatic N) is 2. The number of ether oxygens (including phenoxy) is 3. The Balaban J connectivity index is 1.16. The van der Waals surface area contributed by atoms with Crippen LogP contribution in [0.25, 0.3) is 0 Å². The van der Waals surface area contributed by atoms with Crippen molar-refractivity contribution in [1.29, 1.82) is 0 Å². The van der Waals surface area contributed by atoms with Crippen molar-refractivity contribution in [3.8, 4) is 0 Å². The summed E-state index contributed by atoms with van der Waals surface area (Å²) in [7, 11) is 0. The maximum Gasteiger partial charge on any atom is 0.522 e. The molecule has 2 saturated carbocycles. The van der Waals surface area contributed by atoms with Crippen molar-refractivity contribution in [1.82, 2.24) is 15.5 Å². The molecular weight excluding hydrogens is 452 g/mol. The Morgan fingerprint density at radius 1 is 1.03 bits per heavy atom. The second-order valence-electron chi connectivity index (χ2n) is 8.30. The number of carbonyl (C=O) groups is 1. The summed E-state index contributed by atoms with van der Waals surface area (Å²) >= 11 is 0. The van der Waals surface area contributed by atoms with Crippen LogP contribution in [0.1, 0.15) is 55.9 Å². The zero-order valence-electron chi connectivity index (χ0n) is 16.6. The molecule has 2 heterocycles. The predicted octanol–water partition coefficient (Wildman–Crippen LogP) is 3.36. The lowest BCUT2D eigenvalue weighted by molar-refractivity contribution is -0.352. The molecule has 1 aliphatic heterocycles. The molecule has 8 nitrogen and oxygen atoms in total. The highest BCUT2D eigenvalue weighted by Gasteiger charge is 2.46. The molecule has 0 radical (unpaired) electrons. The van der Waals surface area contributed by atoms with Crippen molar-refractivity contribution < 1.29 is 49.8 Å². The number of nitrogens with one attached hydrogen (secondary N) is 1. The van der Waals surface area contributed by atoms with Crippen LogP contribution in [0.15, 0.2) is 4.42 Å². The van der Waals surface area contributed by atoms with E-state index in [0.717, 1.165) is 0 Å². The first-order valence-electron chi connectivity index (χ1n) is 10.2. The highest BCUT2D eigenvalue weighted by Crippen LogP contribution is 2.42. The number of hydrogen-bond donors (Lipinski definition) is 1. The van der Waals surface area contributed by atoms with Gasteiger partial charge in [0.15, 0.2) is 0 Å². The van der Waals surface area contributed by atoms with Gasteiger partial charge in [0.05, 0.1) is 25.4 Å². The molecule has 1 aromatic rings. The van der Waals surface area contributed by atoms with E-state index in [-0.39, 0.29) is 49.1 Å². The summed E-state index contributed by atoms with van der Waals surface area (Å²) in [5.41, 5.74) is 0. The minimum absolute atomic E-state index is 0.136. The van der Waals surface area contributed by atoms with E-state index >= 15 is 0 Å². The zero-order chi connectivity index (χ0) is 23.1. The van der Waals surface area contributed by atoms with Crippen LogP contribution in [0.5, 0.6) is 0 Å². The maximum atomic E-state index is 12.2. The first-order valence-corrected chi connectivity index (χ1v) is 10.2. The summed E-state index contributed by atoms with van der Waals surface area (Å²) in [6.07, 6.45) is -9.18. The number of aromatic nitrogens is 2. The van der Waals surface area contributed by atoms with Gasteiger partial charge in [-0.15, -0.1) is 36.5 Å². The largest absolute Gasteiger partial charge is 0.522 e. The van der Waals surface area contributed by atoms with Gasteiger partial charge in [-0.05, 0) is 38.0 Å². The maximum absolute atomic E-state index is 12.2. The molecule has 1 N–H and O–H groups in total. The molecular formula is C18H21F6N3O5. The lowest BCUT2D eigenvalue weighted by Gasteiger charge is -2.33. The summed E-state index contributed by atoms with van der Waals surface area (Å²) in [6.45, 7) is -0.371. The smallest absolute Gasteiger partial charge is 0.422 e. The van der Waals surface area contributed by atoms with Crippen LogP contribution < -0.4 is 5.32 Å².